The molecule has 0 aromatic heterocycles. The third-order valence-corrected chi connectivity index (χ3v) is 6.16. The third-order valence-electron chi connectivity index (χ3n) is 5.32. The highest BCUT2D eigenvalue weighted by atomic mass is 35.5. The summed E-state index contributed by atoms with van der Waals surface area (Å²) in [5.74, 6) is -3.13. The summed E-state index contributed by atoms with van der Waals surface area (Å²) >= 11 is 12.3. The van der Waals surface area contributed by atoms with Gasteiger partial charge in [0.15, 0.2) is 5.78 Å². The molecule has 3 rings (SSSR count). The molecule has 10 heteroatoms. The van der Waals surface area contributed by atoms with Gasteiger partial charge in [0.1, 0.15) is 5.92 Å². The lowest BCUT2D eigenvalue weighted by Gasteiger charge is -2.53. The molecule has 3 atom stereocenters. The Morgan fingerprint density at radius 2 is 1.67 bits per heavy atom. The summed E-state index contributed by atoms with van der Waals surface area (Å²) in [5.41, 5.74) is -3.81. The number of rotatable bonds is 3. The van der Waals surface area contributed by atoms with Crippen molar-refractivity contribution >= 4 is 35.0 Å². The average molecular weight is 461 g/mol. The lowest BCUT2D eigenvalue weighted by Crippen LogP contribution is -2.73. The number of ketones is 1. The number of halogens is 5. The zero-order valence-corrected chi connectivity index (χ0v) is 17.3. The molecule has 0 bridgehead atoms. The Balaban J connectivity index is 2.32. The van der Waals surface area contributed by atoms with E-state index in [1.54, 1.807) is 6.07 Å². The molecule has 3 unspecified atom stereocenters. The molecule has 2 amide bonds. The summed E-state index contributed by atoms with van der Waals surface area (Å²) in [4.78, 5) is 27.1. The van der Waals surface area contributed by atoms with Gasteiger partial charge < -0.3 is 10.0 Å². The van der Waals surface area contributed by atoms with Crippen LogP contribution in [0.25, 0.3) is 0 Å². The van der Waals surface area contributed by atoms with Crippen LogP contribution in [0.15, 0.2) is 48.5 Å². The van der Waals surface area contributed by atoms with Crippen LogP contribution in [0.3, 0.4) is 0 Å². The molecule has 1 heterocycles. The first kappa shape index (κ1) is 22.4. The van der Waals surface area contributed by atoms with Gasteiger partial charge in [0.25, 0.3) is 5.72 Å². The van der Waals surface area contributed by atoms with Gasteiger partial charge in [0.05, 0.1) is 16.1 Å². The molecule has 2 aromatic rings. The number of hydrogen-bond acceptors (Lipinski definition) is 3. The Labute approximate surface area is 180 Å². The predicted octanol–water partition coefficient (Wildman–Crippen LogP) is 4.78. The van der Waals surface area contributed by atoms with E-state index in [1.807, 2.05) is 0 Å². The minimum atomic E-state index is -5.34. The smallest absolute Gasteiger partial charge is 0.363 e. The van der Waals surface area contributed by atoms with Crippen LogP contribution < -0.4 is 0 Å². The summed E-state index contributed by atoms with van der Waals surface area (Å²) in [5, 5.41) is 10.8. The maximum absolute atomic E-state index is 14.2. The number of nitrogens with zero attached hydrogens (tertiary/aromatic N) is 2. The number of Topliss-reactive ketones (excluding diaryl/α,β-unsaturated/α-hetero) is 1. The van der Waals surface area contributed by atoms with Crippen LogP contribution in [0.5, 0.6) is 0 Å². The van der Waals surface area contributed by atoms with E-state index in [9.17, 15) is 27.9 Å². The monoisotopic (exact) mass is 460 g/mol. The molecule has 2 aromatic carbocycles. The summed E-state index contributed by atoms with van der Waals surface area (Å²) in [6.07, 6.45) is -5.34. The summed E-state index contributed by atoms with van der Waals surface area (Å²) in [6.45, 7) is 0. The van der Waals surface area contributed by atoms with Gasteiger partial charge in [-0.2, -0.15) is 13.2 Å². The van der Waals surface area contributed by atoms with Gasteiger partial charge in [-0.25, -0.2) is 4.79 Å². The number of carbonyl (C=O) groups is 2. The first-order valence-corrected chi connectivity index (χ1v) is 9.51. The fourth-order valence-electron chi connectivity index (χ4n) is 3.77. The Bertz CT molecular complexity index is 987. The molecule has 1 aliphatic heterocycles. The van der Waals surface area contributed by atoms with Gasteiger partial charge in [0.2, 0.25) is 0 Å². The van der Waals surface area contributed by atoms with Crippen molar-refractivity contribution in [2.75, 3.05) is 14.1 Å². The highest BCUT2D eigenvalue weighted by molar-refractivity contribution is 6.42. The summed E-state index contributed by atoms with van der Waals surface area (Å²) < 4.78 is 42.6. The van der Waals surface area contributed by atoms with Crippen molar-refractivity contribution in [2.24, 2.45) is 5.92 Å². The minimum Gasteiger partial charge on any atom is -0.363 e. The normalized spacial score (nSPS) is 24.9. The summed E-state index contributed by atoms with van der Waals surface area (Å²) in [6, 6.07) is 8.83. The van der Waals surface area contributed by atoms with Crippen LogP contribution in [0.2, 0.25) is 10.0 Å². The molecule has 0 radical (unpaired) electrons. The second-order valence-electron chi connectivity index (χ2n) is 6.97. The molecule has 0 saturated carbocycles. The van der Waals surface area contributed by atoms with Crippen molar-refractivity contribution in [3.8, 4) is 0 Å². The maximum Gasteiger partial charge on any atom is 0.437 e. The maximum atomic E-state index is 14.2. The lowest BCUT2D eigenvalue weighted by molar-refractivity contribution is -0.328. The van der Waals surface area contributed by atoms with Gasteiger partial charge in [-0.1, -0.05) is 65.7 Å². The van der Waals surface area contributed by atoms with E-state index in [0.29, 0.717) is 0 Å². The van der Waals surface area contributed by atoms with Crippen molar-refractivity contribution in [1.29, 1.82) is 0 Å². The van der Waals surface area contributed by atoms with Crippen molar-refractivity contribution < 1.29 is 27.9 Å². The van der Waals surface area contributed by atoms with Crippen molar-refractivity contribution in [1.82, 2.24) is 9.80 Å². The number of benzene rings is 2. The zero-order valence-electron chi connectivity index (χ0n) is 15.8. The van der Waals surface area contributed by atoms with Gasteiger partial charge >= 0.3 is 12.2 Å². The van der Waals surface area contributed by atoms with Gasteiger partial charge in [-0.3, -0.25) is 9.69 Å². The molecular formula is C20H17Cl2F3N2O3. The molecule has 1 N–H and O–H groups in total. The topological polar surface area (TPSA) is 60.9 Å². The first-order chi connectivity index (χ1) is 13.9. The first-order valence-electron chi connectivity index (χ1n) is 8.75. The third kappa shape index (κ3) is 3.33. The van der Waals surface area contributed by atoms with E-state index in [4.69, 9.17) is 23.2 Å². The van der Waals surface area contributed by atoms with Crippen molar-refractivity contribution in [2.45, 2.75) is 17.9 Å². The van der Waals surface area contributed by atoms with E-state index < -0.39 is 35.7 Å². The Hall–Kier alpha value is -2.29. The highest BCUT2D eigenvalue weighted by Crippen LogP contribution is 2.51. The van der Waals surface area contributed by atoms with E-state index in [2.05, 4.69) is 0 Å². The average Bonchev–Trinajstić information content (AvgIpc) is 2.70. The minimum absolute atomic E-state index is 0.0186. The number of aliphatic hydroxyl groups is 1. The Kier molecular flexibility index (Phi) is 5.79. The fraction of sp³-hybridized carbons (Fsp3) is 0.300. The van der Waals surface area contributed by atoms with E-state index in [-0.39, 0.29) is 26.1 Å². The lowest BCUT2D eigenvalue weighted by atomic mass is 9.75. The quantitative estimate of drug-likeness (QED) is 0.670. The zero-order chi connectivity index (χ0) is 22.4. The molecule has 1 saturated heterocycles. The molecule has 0 spiro atoms. The highest BCUT2D eigenvalue weighted by Gasteiger charge is 2.70. The number of carbonyl (C=O) groups excluding carboxylic acids is 2. The summed E-state index contributed by atoms with van der Waals surface area (Å²) in [7, 11) is 2.04. The second-order valence-corrected chi connectivity index (χ2v) is 7.76. The largest absolute Gasteiger partial charge is 0.437 e. The van der Waals surface area contributed by atoms with Gasteiger partial charge in [-0.05, 0) is 11.6 Å². The van der Waals surface area contributed by atoms with E-state index in [0.717, 1.165) is 11.9 Å². The number of urea groups is 1. The van der Waals surface area contributed by atoms with Gasteiger partial charge in [0, 0.05) is 19.7 Å². The van der Waals surface area contributed by atoms with E-state index >= 15 is 0 Å². The van der Waals surface area contributed by atoms with E-state index in [1.165, 1.54) is 49.5 Å². The van der Waals surface area contributed by atoms with Crippen LogP contribution >= 0.6 is 23.2 Å². The SMILES string of the molecule is CN1C(=O)N(C)C(O)(C(F)(F)F)C(C(=O)c2ccccc2)C1c1cccc(Cl)c1Cl. The number of alkyl halides is 3. The fourth-order valence-corrected chi connectivity index (χ4v) is 4.19. The molecule has 30 heavy (non-hydrogen) atoms. The Morgan fingerprint density at radius 1 is 1.07 bits per heavy atom. The van der Waals surface area contributed by atoms with Crippen LogP contribution in [0, 0.1) is 5.92 Å². The standard InChI is InChI=1S/C20H17Cl2F3N2O3/c1-26-16(12-9-6-10-13(21)15(12)22)14(17(28)11-7-4-3-5-8-11)19(30,20(23,24)25)27(2)18(26)29/h3-10,14,16,30H,1-2H3. The van der Waals surface area contributed by atoms with Crippen LogP contribution in [-0.4, -0.2) is 52.7 Å². The molecule has 1 aliphatic rings. The molecular weight excluding hydrogens is 444 g/mol. The second kappa shape index (κ2) is 7.76. The van der Waals surface area contributed by atoms with Crippen molar-refractivity contribution in [3.63, 3.8) is 0 Å². The predicted molar refractivity (Wildman–Crippen MR) is 105 cm³/mol. The Morgan fingerprint density at radius 3 is 2.23 bits per heavy atom. The van der Waals surface area contributed by atoms with Crippen LogP contribution in [-0.2, 0) is 0 Å². The number of hydrogen-bond donors (Lipinski definition) is 1. The van der Waals surface area contributed by atoms with Crippen molar-refractivity contribution in [3.05, 3.63) is 69.7 Å². The molecule has 5 nitrogen and oxygen atoms in total. The van der Waals surface area contributed by atoms with Crippen LogP contribution in [0.1, 0.15) is 22.0 Å². The number of amides is 2. The molecule has 0 aliphatic carbocycles. The van der Waals surface area contributed by atoms with Crippen LogP contribution in [0.4, 0.5) is 18.0 Å². The molecule has 1 fully saturated rings. The van der Waals surface area contributed by atoms with Gasteiger partial charge in [-0.15, -0.1) is 0 Å². The molecule has 160 valence electrons.